The fourth-order valence-corrected chi connectivity index (χ4v) is 4.27. The fraction of sp³-hybridized carbons (Fsp3) is 0.526. The molecule has 0 spiro atoms. The minimum absolute atomic E-state index is 0.0720. The molecule has 2 N–H and O–H groups in total. The minimum Gasteiger partial charge on any atom is -0.508 e. The zero-order chi connectivity index (χ0) is 18.3. The summed E-state index contributed by atoms with van der Waals surface area (Å²) in [7, 11) is 1.56. The van der Waals surface area contributed by atoms with Crippen molar-refractivity contribution in [3.05, 3.63) is 35.9 Å². The van der Waals surface area contributed by atoms with Crippen molar-refractivity contribution in [3.8, 4) is 5.75 Å². The molecule has 1 saturated carbocycles. The molecule has 3 fully saturated rings. The topological polar surface area (TPSA) is 94.5 Å². The maximum Gasteiger partial charge on any atom is 0.331 e. The summed E-state index contributed by atoms with van der Waals surface area (Å²) < 4.78 is 22.2. The lowest BCUT2D eigenvalue weighted by molar-refractivity contribution is -0.274. The van der Waals surface area contributed by atoms with Gasteiger partial charge in [-0.05, 0) is 23.8 Å². The van der Waals surface area contributed by atoms with Gasteiger partial charge in [-0.15, -0.1) is 0 Å². The van der Waals surface area contributed by atoms with E-state index in [0.29, 0.717) is 12.8 Å². The van der Waals surface area contributed by atoms with E-state index in [4.69, 9.17) is 18.9 Å². The molecule has 7 heteroatoms. The summed E-state index contributed by atoms with van der Waals surface area (Å²) in [5.74, 6) is -0.589. The summed E-state index contributed by atoms with van der Waals surface area (Å²) >= 11 is 0. The van der Waals surface area contributed by atoms with E-state index in [1.807, 2.05) is 0 Å². The lowest BCUT2D eigenvalue weighted by atomic mass is 9.84. The molecule has 6 atom stereocenters. The van der Waals surface area contributed by atoms with Crippen LogP contribution in [0, 0.1) is 11.8 Å². The van der Waals surface area contributed by atoms with Crippen LogP contribution >= 0.6 is 0 Å². The number of carbonyl (C=O) groups is 1. The molecule has 7 nitrogen and oxygen atoms in total. The maximum absolute atomic E-state index is 12.2. The quantitative estimate of drug-likeness (QED) is 0.618. The predicted molar refractivity (Wildman–Crippen MR) is 89.8 cm³/mol. The second-order valence-corrected chi connectivity index (χ2v) is 7.11. The zero-order valence-corrected chi connectivity index (χ0v) is 14.4. The minimum atomic E-state index is -1.03. The van der Waals surface area contributed by atoms with Crippen molar-refractivity contribution in [1.29, 1.82) is 0 Å². The average molecular weight is 362 g/mol. The van der Waals surface area contributed by atoms with Gasteiger partial charge in [0.2, 0.25) is 0 Å². The van der Waals surface area contributed by atoms with Gasteiger partial charge in [0, 0.05) is 37.9 Å². The summed E-state index contributed by atoms with van der Waals surface area (Å²) in [6, 6.07) is 6.49. The smallest absolute Gasteiger partial charge is 0.331 e. The highest BCUT2D eigenvalue weighted by Crippen LogP contribution is 2.53. The molecule has 4 rings (SSSR count). The van der Waals surface area contributed by atoms with Crippen LogP contribution in [0.25, 0.3) is 6.08 Å². The molecule has 0 radical (unpaired) electrons. The van der Waals surface area contributed by atoms with Crippen molar-refractivity contribution in [2.45, 2.75) is 37.1 Å². The highest BCUT2D eigenvalue weighted by atomic mass is 16.8. The Morgan fingerprint density at radius 1 is 1.35 bits per heavy atom. The maximum atomic E-state index is 12.2. The van der Waals surface area contributed by atoms with Crippen LogP contribution in [0.1, 0.15) is 18.4 Å². The first-order valence-corrected chi connectivity index (χ1v) is 8.68. The predicted octanol–water partition coefficient (Wildman–Crippen LogP) is 1.43. The van der Waals surface area contributed by atoms with Crippen LogP contribution in [-0.4, -0.2) is 54.2 Å². The number of rotatable bonds is 4. The second kappa shape index (κ2) is 6.66. The average Bonchev–Trinajstić information content (AvgIpc) is 3.10. The molecule has 1 aromatic rings. The number of aromatic hydroxyl groups is 1. The lowest BCUT2D eigenvalue weighted by Crippen LogP contribution is -2.45. The first kappa shape index (κ1) is 17.5. The molecule has 2 heterocycles. The molecular formula is C19H22O7. The van der Waals surface area contributed by atoms with Crippen LogP contribution in [-0.2, 0) is 23.7 Å². The number of ether oxygens (including phenoxy) is 4. The Kier molecular flexibility index (Phi) is 4.48. The molecule has 26 heavy (non-hydrogen) atoms. The SMILES string of the molecule is CO[C@H]1C[C@@H]2[C@@H]3[C@@H](OC[C@]3(O)C[C@H]2OC(=O)C=Cc2ccc(O)cc2)O1. The van der Waals surface area contributed by atoms with E-state index in [1.165, 1.54) is 6.08 Å². The van der Waals surface area contributed by atoms with Gasteiger partial charge in [0.15, 0.2) is 12.6 Å². The number of phenols is 1. The fourth-order valence-electron chi connectivity index (χ4n) is 4.27. The van der Waals surface area contributed by atoms with Gasteiger partial charge in [-0.1, -0.05) is 12.1 Å². The number of methoxy groups -OCH3 is 1. The Hall–Kier alpha value is -1.93. The molecule has 0 bridgehead atoms. The van der Waals surface area contributed by atoms with Crippen LogP contribution in [0.15, 0.2) is 30.3 Å². The number of hydrogen-bond acceptors (Lipinski definition) is 7. The lowest BCUT2D eigenvalue weighted by Gasteiger charge is -2.37. The third-order valence-corrected chi connectivity index (χ3v) is 5.49. The van der Waals surface area contributed by atoms with E-state index >= 15 is 0 Å². The van der Waals surface area contributed by atoms with Crippen molar-refractivity contribution in [1.82, 2.24) is 0 Å². The molecule has 0 amide bonds. The number of esters is 1. The first-order valence-electron chi connectivity index (χ1n) is 8.68. The van der Waals surface area contributed by atoms with Gasteiger partial charge in [0.1, 0.15) is 11.9 Å². The zero-order valence-electron chi connectivity index (χ0n) is 14.4. The van der Waals surface area contributed by atoms with E-state index in [-0.39, 0.29) is 24.2 Å². The summed E-state index contributed by atoms with van der Waals surface area (Å²) in [6.45, 7) is 0.173. The van der Waals surface area contributed by atoms with Gasteiger partial charge in [-0.2, -0.15) is 0 Å². The summed E-state index contributed by atoms with van der Waals surface area (Å²) in [5, 5.41) is 20.1. The van der Waals surface area contributed by atoms with E-state index in [9.17, 15) is 15.0 Å². The van der Waals surface area contributed by atoms with Crippen LogP contribution in [0.3, 0.4) is 0 Å². The number of hydrogen-bond donors (Lipinski definition) is 2. The molecule has 140 valence electrons. The molecule has 1 aromatic carbocycles. The molecule has 1 aliphatic carbocycles. The molecule has 2 saturated heterocycles. The van der Waals surface area contributed by atoms with Gasteiger partial charge < -0.3 is 29.2 Å². The normalized spacial score (nSPS) is 38.5. The van der Waals surface area contributed by atoms with Crippen molar-refractivity contribution in [2.24, 2.45) is 11.8 Å². The highest BCUT2D eigenvalue weighted by Gasteiger charge is 2.64. The van der Waals surface area contributed by atoms with E-state index < -0.39 is 30.3 Å². The number of phenolic OH excluding ortho intramolecular Hbond substituents is 1. The second-order valence-electron chi connectivity index (χ2n) is 7.11. The van der Waals surface area contributed by atoms with Crippen molar-refractivity contribution >= 4 is 12.0 Å². The third-order valence-electron chi connectivity index (χ3n) is 5.49. The van der Waals surface area contributed by atoms with E-state index in [2.05, 4.69) is 0 Å². The van der Waals surface area contributed by atoms with Gasteiger partial charge in [-0.25, -0.2) is 4.79 Å². The standard InChI is InChI=1S/C19H22O7/c1-23-16-8-13-14(9-19(22)10-24-18(26-16)17(13)19)25-15(21)7-4-11-2-5-12(20)6-3-11/h2-7,13-14,16-18,20,22H,8-10H2,1H3/t13-,14+,16+,17+,18-,19+/m0/s1. The largest absolute Gasteiger partial charge is 0.508 e. The summed E-state index contributed by atoms with van der Waals surface area (Å²) in [6.07, 6.45) is 2.48. The first-order chi connectivity index (χ1) is 12.5. The summed E-state index contributed by atoms with van der Waals surface area (Å²) in [5.41, 5.74) is -0.250. The highest BCUT2D eigenvalue weighted by molar-refractivity contribution is 5.87. The van der Waals surface area contributed by atoms with Crippen molar-refractivity contribution in [3.63, 3.8) is 0 Å². The molecule has 0 aromatic heterocycles. The van der Waals surface area contributed by atoms with E-state index in [0.717, 1.165) is 5.56 Å². The van der Waals surface area contributed by atoms with Crippen LogP contribution in [0.4, 0.5) is 0 Å². The Labute approximate surface area is 151 Å². The monoisotopic (exact) mass is 362 g/mol. The van der Waals surface area contributed by atoms with Crippen LogP contribution in [0.2, 0.25) is 0 Å². The third kappa shape index (κ3) is 3.12. The van der Waals surface area contributed by atoms with Crippen LogP contribution < -0.4 is 0 Å². The Morgan fingerprint density at radius 3 is 2.85 bits per heavy atom. The molecule has 3 aliphatic rings. The molecular weight excluding hydrogens is 340 g/mol. The summed E-state index contributed by atoms with van der Waals surface area (Å²) in [4.78, 5) is 12.2. The van der Waals surface area contributed by atoms with Gasteiger partial charge in [-0.3, -0.25) is 0 Å². The van der Waals surface area contributed by atoms with Crippen molar-refractivity contribution < 1.29 is 34.0 Å². The number of benzene rings is 1. The van der Waals surface area contributed by atoms with Gasteiger partial charge in [0.25, 0.3) is 0 Å². The number of aliphatic hydroxyl groups is 1. The van der Waals surface area contributed by atoms with Crippen molar-refractivity contribution in [2.75, 3.05) is 13.7 Å². The van der Waals surface area contributed by atoms with Gasteiger partial charge >= 0.3 is 5.97 Å². The van der Waals surface area contributed by atoms with E-state index in [1.54, 1.807) is 37.5 Å². The Morgan fingerprint density at radius 2 is 2.12 bits per heavy atom. The Balaban J connectivity index is 1.44. The molecule has 2 aliphatic heterocycles. The molecule has 0 unspecified atom stereocenters. The Bertz CT molecular complexity index is 700. The van der Waals surface area contributed by atoms with Gasteiger partial charge in [0.05, 0.1) is 12.2 Å². The van der Waals surface area contributed by atoms with Crippen LogP contribution in [0.5, 0.6) is 5.75 Å². The number of carbonyl (C=O) groups excluding carboxylic acids is 1.